The van der Waals surface area contributed by atoms with Gasteiger partial charge in [-0.25, -0.2) is 5.43 Å². The molecular weight excluding hydrogens is 292 g/mol. The summed E-state index contributed by atoms with van der Waals surface area (Å²) in [6.45, 7) is -0.0320. The van der Waals surface area contributed by atoms with Gasteiger partial charge in [0.15, 0.2) is 0 Å². The quantitative estimate of drug-likeness (QED) is 0.544. The predicted octanol–water partition coefficient (Wildman–Crippen LogP) is 1.99. The van der Waals surface area contributed by atoms with Crippen LogP contribution >= 0.6 is 0 Å². The van der Waals surface area contributed by atoms with Crippen molar-refractivity contribution in [2.45, 2.75) is 6.61 Å². The van der Waals surface area contributed by atoms with Gasteiger partial charge in [0, 0.05) is 22.2 Å². The van der Waals surface area contributed by atoms with Gasteiger partial charge in [-0.05, 0) is 29.3 Å². The van der Waals surface area contributed by atoms with E-state index in [1.807, 2.05) is 24.3 Å². The fraction of sp³-hybridized carbons (Fsp3) is 0.0588. The molecule has 3 aromatic rings. The molecule has 4 rings (SSSR count). The van der Waals surface area contributed by atoms with Crippen molar-refractivity contribution in [1.82, 2.24) is 10.4 Å². The third kappa shape index (κ3) is 2.08. The van der Waals surface area contributed by atoms with Gasteiger partial charge in [0.05, 0.1) is 24.1 Å². The first kappa shape index (κ1) is 13.5. The minimum Gasteiger partial charge on any atom is -0.399 e. The number of hydrogen-bond donors (Lipinski definition) is 4. The summed E-state index contributed by atoms with van der Waals surface area (Å²) < 4.78 is 0. The Morgan fingerprint density at radius 1 is 1.22 bits per heavy atom. The van der Waals surface area contributed by atoms with E-state index >= 15 is 0 Å². The Morgan fingerprint density at radius 3 is 2.91 bits per heavy atom. The van der Waals surface area contributed by atoms with E-state index in [1.54, 1.807) is 18.3 Å². The molecule has 0 aliphatic carbocycles. The number of rotatable bonds is 2. The number of carbonyl (C=O) groups is 1. The van der Waals surface area contributed by atoms with E-state index in [1.165, 1.54) is 0 Å². The molecule has 5 N–H and O–H groups in total. The van der Waals surface area contributed by atoms with Gasteiger partial charge in [-0.2, -0.15) is 5.10 Å². The Balaban J connectivity index is 2.06. The average molecular weight is 306 g/mol. The number of anilines is 1. The van der Waals surface area contributed by atoms with Crippen LogP contribution in [0.2, 0.25) is 0 Å². The van der Waals surface area contributed by atoms with Crippen molar-refractivity contribution in [3.8, 4) is 11.3 Å². The molecule has 2 heterocycles. The van der Waals surface area contributed by atoms with Crippen molar-refractivity contribution in [1.29, 1.82) is 0 Å². The maximum absolute atomic E-state index is 12.2. The van der Waals surface area contributed by atoms with Gasteiger partial charge in [-0.1, -0.05) is 18.2 Å². The van der Waals surface area contributed by atoms with Gasteiger partial charge >= 0.3 is 0 Å². The normalized spacial score (nSPS) is 13.2. The second kappa shape index (κ2) is 4.96. The molecule has 0 fully saturated rings. The minimum atomic E-state index is -0.285. The van der Waals surface area contributed by atoms with Crippen LogP contribution in [-0.2, 0) is 6.61 Å². The number of hydrazone groups is 1. The van der Waals surface area contributed by atoms with Gasteiger partial charge in [-0.15, -0.1) is 0 Å². The number of hydrogen-bond acceptors (Lipinski definition) is 4. The van der Waals surface area contributed by atoms with Gasteiger partial charge < -0.3 is 15.8 Å². The van der Waals surface area contributed by atoms with Crippen LogP contribution in [0.4, 0.5) is 5.69 Å². The van der Waals surface area contributed by atoms with Crippen molar-refractivity contribution in [2.24, 2.45) is 5.10 Å². The van der Waals surface area contributed by atoms with Crippen molar-refractivity contribution < 1.29 is 9.90 Å². The molecule has 1 aromatic heterocycles. The molecule has 6 nitrogen and oxygen atoms in total. The smallest absolute Gasteiger partial charge is 0.272 e. The van der Waals surface area contributed by atoms with E-state index in [-0.39, 0.29) is 12.5 Å². The van der Waals surface area contributed by atoms with Crippen LogP contribution in [0.15, 0.2) is 41.5 Å². The molecule has 0 spiro atoms. The number of aliphatic hydroxyl groups is 1. The van der Waals surface area contributed by atoms with Crippen LogP contribution in [-0.4, -0.2) is 22.2 Å². The highest BCUT2D eigenvalue weighted by Crippen LogP contribution is 2.34. The number of amides is 1. The predicted molar refractivity (Wildman–Crippen MR) is 89.1 cm³/mol. The maximum Gasteiger partial charge on any atom is 0.272 e. The number of nitrogens with one attached hydrogen (secondary N) is 2. The zero-order valence-electron chi connectivity index (χ0n) is 12.1. The van der Waals surface area contributed by atoms with Crippen molar-refractivity contribution >= 4 is 28.7 Å². The molecule has 0 bridgehead atoms. The second-order valence-electron chi connectivity index (χ2n) is 5.46. The highest BCUT2D eigenvalue weighted by Gasteiger charge is 2.21. The summed E-state index contributed by atoms with van der Waals surface area (Å²) in [5.41, 5.74) is 13.6. The van der Waals surface area contributed by atoms with Gasteiger partial charge in [0.2, 0.25) is 0 Å². The summed E-state index contributed by atoms with van der Waals surface area (Å²) in [5, 5.41) is 14.1. The van der Waals surface area contributed by atoms with E-state index in [9.17, 15) is 9.90 Å². The summed E-state index contributed by atoms with van der Waals surface area (Å²) in [7, 11) is 0. The number of nitrogens with two attached hydrogens (primary N) is 1. The number of nitrogens with zero attached hydrogens (tertiary/aromatic N) is 1. The summed E-state index contributed by atoms with van der Waals surface area (Å²) in [4.78, 5) is 15.5. The molecule has 1 aliphatic rings. The third-order valence-electron chi connectivity index (χ3n) is 3.96. The SMILES string of the molecule is Nc1cc2c3c(c(-c4cccc(CO)c4)[nH]c3c1)C=NNC2=O. The molecule has 23 heavy (non-hydrogen) atoms. The maximum atomic E-state index is 12.2. The van der Waals surface area contributed by atoms with Gasteiger partial charge in [0.25, 0.3) is 5.91 Å². The monoisotopic (exact) mass is 306 g/mol. The first-order valence-electron chi connectivity index (χ1n) is 7.16. The number of carbonyl (C=O) groups excluding carboxylic acids is 1. The van der Waals surface area contributed by atoms with Crippen LogP contribution in [0, 0.1) is 0 Å². The lowest BCUT2D eigenvalue weighted by atomic mass is 10.0. The average Bonchev–Trinajstić information content (AvgIpc) is 2.83. The van der Waals surface area contributed by atoms with Crippen molar-refractivity contribution in [3.63, 3.8) is 0 Å². The van der Waals surface area contributed by atoms with Crippen molar-refractivity contribution in [3.05, 3.63) is 53.1 Å². The number of aliphatic hydroxyl groups excluding tert-OH is 1. The molecule has 0 unspecified atom stereocenters. The largest absolute Gasteiger partial charge is 0.399 e. The number of aromatic amines is 1. The van der Waals surface area contributed by atoms with E-state index < -0.39 is 0 Å². The number of benzene rings is 2. The summed E-state index contributed by atoms with van der Waals surface area (Å²) >= 11 is 0. The van der Waals surface area contributed by atoms with Gasteiger partial charge in [-0.3, -0.25) is 4.79 Å². The van der Waals surface area contributed by atoms with E-state index in [0.717, 1.165) is 33.3 Å². The lowest BCUT2D eigenvalue weighted by Crippen LogP contribution is -2.16. The van der Waals surface area contributed by atoms with Crippen LogP contribution in [0.25, 0.3) is 22.2 Å². The van der Waals surface area contributed by atoms with E-state index in [2.05, 4.69) is 15.5 Å². The number of aromatic nitrogens is 1. The number of H-pyrrole nitrogens is 1. The first-order chi connectivity index (χ1) is 11.2. The highest BCUT2D eigenvalue weighted by atomic mass is 16.3. The molecular formula is C17H14N4O2. The van der Waals surface area contributed by atoms with Crippen LogP contribution in [0.1, 0.15) is 21.5 Å². The molecule has 1 aliphatic heterocycles. The Morgan fingerprint density at radius 2 is 2.09 bits per heavy atom. The second-order valence-corrected chi connectivity index (χ2v) is 5.46. The molecule has 1 amide bonds. The third-order valence-corrected chi connectivity index (χ3v) is 3.96. The lowest BCUT2D eigenvalue weighted by molar-refractivity contribution is 0.0957. The standard InChI is InChI=1S/C17H14N4O2/c18-11-5-12-15-13(7-19-21-17(12)23)16(20-14(15)6-11)10-3-1-2-9(4-10)8-22/h1-7,20,22H,8,18H2,(H,21,23). The lowest BCUT2D eigenvalue weighted by Gasteiger charge is -2.03. The molecule has 6 heteroatoms. The molecule has 114 valence electrons. The van der Waals surface area contributed by atoms with Crippen molar-refractivity contribution in [2.75, 3.05) is 5.73 Å². The van der Waals surface area contributed by atoms with Crippen LogP contribution in [0.3, 0.4) is 0 Å². The van der Waals surface area contributed by atoms with E-state index in [4.69, 9.17) is 5.73 Å². The topological polar surface area (TPSA) is 104 Å². The Labute approximate surface area is 131 Å². The summed E-state index contributed by atoms with van der Waals surface area (Å²) in [5.74, 6) is -0.285. The molecule has 2 aromatic carbocycles. The van der Waals surface area contributed by atoms with Crippen LogP contribution in [0.5, 0.6) is 0 Å². The Hall–Kier alpha value is -3.12. The highest BCUT2D eigenvalue weighted by molar-refractivity contribution is 6.17. The first-order valence-corrected chi connectivity index (χ1v) is 7.16. The Bertz CT molecular complexity index is 972. The fourth-order valence-corrected chi connectivity index (χ4v) is 2.96. The zero-order valence-corrected chi connectivity index (χ0v) is 12.1. The fourth-order valence-electron chi connectivity index (χ4n) is 2.96. The Kier molecular flexibility index (Phi) is 2.92. The molecule has 0 saturated carbocycles. The molecule has 0 atom stereocenters. The minimum absolute atomic E-state index is 0.0320. The number of nitrogen functional groups attached to an aromatic ring is 1. The molecule has 0 saturated heterocycles. The summed E-state index contributed by atoms with van der Waals surface area (Å²) in [6, 6.07) is 11.0. The zero-order chi connectivity index (χ0) is 16.0. The van der Waals surface area contributed by atoms with Crippen LogP contribution < -0.4 is 11.2 Å². The summed E-state index contributed by atoms with van der Waals surface area (Å²) in [6.07, 6.45) is 1.63. The molecule has 0 radical (unpaired) electrons. The van der Waals surface area contributed by atoms with Gasteiger partial charge in [0.1, 0.15) is 0 Å². The van der Waals surface area contributed by atoms with E-state index in [0.29, 0.717) is 11.3 Å².